The molecule has 0 unspecified atom stereocenters. The fourth-order valence-electron chi connectivity index (χ4n) is 7.65. The minimum absolute atomic E-state index is 0.199. The molecule has 64 heavy (non-hydrogen) atoms. The van der Waals surface area contributed by atoms with Gasteiger partial charge in [0.25, 0.3) is 22.7 Å². The average Bonchev–Trinajstić information content (AvgIpc) is 4.11. The van der Waals surface area contributed by atoms with Gasteiger partial charge in [0, 0.05) is 68.6 Å². The van der Waals surface area contributed by atoms with E-state index in [1.807, 2.05) is 0 Å². The summed E-state index contributed by atoms with van der Waals surface area (Å²) in [4.78, 5) is 64.0. The van der Waals surface area contributed by atoms with Crippen molar-refractivity contribution in [1.82, 2.24) is 19.9 Å². The number of halogens is 4. The van der Waals surface area contributed by atoms with Crippen molar-refractivity contribution < 1.29 is 19.7 Å². The third-order valence-electron chi connectivity index (χ3n) is 10.5. The molecule has 0 saturated heterocycles. The second-order valence-electron chi connectivity index (χ2n) is 14.2. The van der Waals surface area contributed by atoms with Gasteiger partial charge in [-0.05, 0) is 159 Å². The van der Waals surface area contributed by atoms with Crippen LogP contribution in [-0.4, -0.2) is 39.6 Å². The van der Waals surface area contributed by atoms with E-state index in [-0.39, 0.29) is 40.6 Å². The molecule has 2 N–H and O–H groups in total. The lowest BCUT2D eigenvalue weighted by atomic mass is 10.0. The van der Waals surface area contributed by atoms with E-state index < -0.39 is 19.7 Å². The molecule has 0 saturated carbocycles. The lowest BCUT2D eigenvalue weighted by Crippen LogP contribution is -1.94. The zero-order chi connectivity index (χ0) is 45.1. The maximum Gasteiger partial charge on any atom is 0.284 e. The minimum Gasteiger partial charge on any atom is -0.354 e. The highest BCUT2D eigenvalue weighted by Crippen LogP contribution is 2.42. The number of aromatic amines is 2. The predicted molar refractivity (Wildman–Crippen MR) is 258 cm³/mol. The molecule has 0 spiro atoms. The Hall–Kier alpha value is -7.00. The maximum absolute atomic E-state index is 12.2. The number of benzene rings is 4. The van der Waals surface area contributed by atoms with Crippen LogP contribution in [0.1, 0.15) is 22.8 Å². The Balaban J connectivity index is 1.49. The molecule has 0 radical (unpaired) electrons. The van der Waals surface area contributed by atoms with Crippen LogP contribution >= 0.6 is 63.7 Å². The van der Waals surface area contributed by atoms with Crippen molar-refractivity contribution in [1.29, 1.82) is 0 Å². The number of nitro benzene ring substituents is 4. The number of nitrogens with one attached hydrogen (secondary N) is 2. The Morgan fingerprint density at radius 3 is 0.781 bits per heavy atom. The molecule has 2 aliphatic rings. The van der Waals surface area contributed by atoms with E-state index in [0.29, 0.717) is 89.4 Å². The minimum atomic E-state index is -0.508. The highest BCUT2D eigenvalue weighted by atomic mass is 79.9. The van der Waals surface area contributed by atoms with Gasteiger partial charge < -0.3 is 9.97 Å². The number of H-pyrrole nitrogens is 2. The molecule has 7 aromatic rings. The van der Waals surface area contributed by atoms with Gasteiger partial charge in [-0.2, -0.15) is 0 Å². The van der Waals surface area contributed by atoms with Gasteiger partial charge >= 0.3 is 0 Å². The highest BCUT2D eigenvalue weighted by Gasteiger charge is 2.24. The number of hydrogen-bond donors (Lipinski definition) is 2. The molecule has 0 aliphatic carbocycles. The number of hydrogen-bond acceptors (Lipinski definition) is 10. The largest absolute Gasteiger partial charge is 0.354 e. The standard InChI is InChI=1S/C44H22Br4N8O8/c45-25-5-1-21(17-37(25)53(57)58)41-29-9-11-31(49-29)42(22-2-6-26(46)38(18-22)54(59)60)33-13-15-35(51-33)44(24-4-8-28(48)40(20-24)56(63)64)36-16-14-34(52-36)43(32-12-10-30(41)50-32)23-3-7-27(47)39(19-23)55(61)62/h1-20,49,52H. The van der Waals surface area contributed by atoms with E-state index in [4.69, 9.17) is 9.97 Å². The van der Waals surface area contributed by atoms with Crippen molar-refractivity contribution in [2.45, 2.75) is 0 Å². The smallest absolute Gasteiger partial charge is 0.284 e. The van der Waals surface area contributed by atoms with E-state index in [0.717, 1.165) is 0 Å². The van der Waals surface area contributed by atoms with Crippen LogP contribution < -0.4 is 0 Å². The summed E-state index contributed by atoms with van der Waals surface area (Å²) in [6, 6.07) is 25.8. The third-order valence-corrected chi connectivity index (χ3v) is 13.2. The van der Waals surface area contributed by atoms with Crippen LogP contribution in [-0.2, 0) is 0 Å². The fourth-order valence-corrected chi connectivity index (χ4v) is 9.22. The first-order valence-corrected chi connectivity index (χ1v) is 21.8. The Morgan fingerprint density at radius 1 is 0.359 bits per heavy atom. The van der Waals surface area contributed by atoms with Crippen molar-refractivity contribution in [2.75, 3.05) is 0 Å². The molecule has 3 aromatic heterocycles. The molecule has 8 bridgehead atoms. The summed E-state index contributed by atoms with van der Waals surface area (Å²) >= 11 is 13.2. The predicted octanol–water partition coefficient (Wildman–Crippen LogP) is 14.0. The van der Waals surface area contributed by atoms with E-state index in [9.17, 15) is 40.5 Å². The third kappa shape index (κ3) is 7.63. The van der Waals surface area contributed by atoms with Crippen molar-refractivity contribution in [3.63, 3.8) is 0 Å². The van der Waals surface area contributed by atoms with Crippen LogP contribution in [0.25, 0.3) is 90.9 Å². The van der Waals surface area contributed by atoms with Crippen LogP contribution in [0.5, 0.6) is 0 Å². The summed E-state index contributed by atoms with van der Waals surface area (Å²) < 4.78 is 1.03. The molecule has 20 heteroatoms. The molecule has 9 rings (SSSR count). The number of nitro groups is 4. The lowest BCUT2D eigenvalue weighted by Gasteiger charge is -2.08. The summed E-state index contributed by atoms with van der Waals surface area (Å²) in [5.74, 6) is 0. The first-order valence-electron chi connectivity index (χ1n) is 18.6. The van der Waals surface area contributed by atoms with Gasteiger partial charge in [-0.1, -0.05) is 24.3 Å². The monoisotopic (exact) mass is 1110 g/mol. The topological polar surface area (TPSA) is 230 Å². The molecule has 5 heterocycles. The Labute approximate surface area is 392 Å². The quantitative estimate of drug-likeness (QED) is 0.108. The van der Waals surface area contributed by atoms with E-state index >= 15 is 0 Å². The summed E-state index contributed by atoms with van der Waals surface area (Å²) in [5.41, 5.74) is 6.14. The number of nitrogens with zero attached hydrogens (tertiary/aromatic N) is 6. The molecule has 4 aromatic carbocycles. The van der Waals surface area contributed by atoms with Crippen LogP contribution in [0.4, 0.5) is 22.7 Å². The zero-order valence-corrected chi connectivity index (χ0v) is 38.4. The highest BCUT2D eigenvalue weighted by molar-refractivity contribution is 9.11. The average molecular weight is 1110 g/mol. The van der Waals surface area contributed by atoms with Gasteiger partial charge in [0.05, 0.1) is 60.4 Å². The second-order valence-corrected chi connectivity index (χ2v) is 17.6. The molecule has 16 nitrogen and oxygen atoms in total. The van der Waals surface area contributed by atoms with Gasteiger partial charge in [0.1, 0.15) is 0 Å². The van der Waals surface area contributed by atoms with E-state index in [2.05, 4.69) is 73.7 Å². The van der Waals surface area contributed by atoms with Crippen LogP contribution in [0, 0.1) is 40.5 Å². The molecular formula is C44H22Br4N8O8. The molecule has 0 atom stereocenters. The van der Waals surface area contributed by atoms with Crippen molar-refractivity contribution in [3.05, 3.63) is 178 Å². The van der Waals surface area contributed by atoms with Crippen molar-refractivity contribution in [3.8, 4) is 44.5 Å². The van der Waals surface area contributed by atoms with Gasteiger partial charge in [0.2, 0.25) is 0 Å². The maximum atomic E-state index is 12.2. The molecule has 314 valence electrons. The number of aromatic nitrogens is 4. The normalized spacial score (nSPS) is 11.8. The Bertz CT molecular complexity index is 3050. The number of rotatable bonds is 8. The summed E-state index contributed by atoms with van der Waals surface area (Å²) in [5, 5.41) is 48.9. The van der Waals surface area contributed by atoms with E-state index in [1.54, 1.807) is 97.1 Å². The summed E-state index contributed by atoms with van der Waals surface area (Å²) in [7, 11) is 0. The van der Waals surface area contributed by atoms with Crippen molar-refractivity contribution >= 4 is 133 Å². The van der Waals surface area contributed by atoms with Gasteiger partial charge in [-0.25, -0.2) is 9.97 Å². The van der Waals surface area contributed by atoms with Crippen LogP contribution in [0.3, 0.4) is 0 Å². The molecule has 2 aliphatic heterocycles. The zero-order valence-electron chi connectivity index (χ0n) is 32.0. The summed E-state index contributed by atoms with van der Waals surface area (Å²) in [6.45, 7) is 0. The van der Waals surface area contributed by atoms with Crippen LogP contribution in [0.2, 0.25) is 0 Å². The Morgan fingerprint density at radius 2 is 0.578 bits per heavy atom. The first kappa shape index (κ1) is 42.3. The fraction of sp³-hybridized carbons (Fsp3) is 0. The van der Waals surface area contributed by atoms with Gasteiger partial charge in [-0.15, -0.1) is 0 Å². The lowest BCUT2D eigenvalue weighted by molar-refractivity contribution is -0.385. The molecule has 0 fully saturated rings. The van der Waals surface area contributed by atoms with Gasteiger partial charge in [0.15, 0.2) is 0 Å². The van der Waals surface area contributed by atoms with Crippen molar-refractivity contribution in [2.24, 2.45) is 0 Å². The molecular weight excluding hydrogens is 1090 g/mol. The Kier molecular flexibility index (Phi) is 11.0. The van der Waals surface area contributed by atoms with Crippen LogP contribution in [0.15, 0.2) is 115 Å². The number of fused-ring (bicyclic) bond motifs is 8. The van der Waals surface area contributed by atoms with Gasteiger partial charge in [-0.3, -0.25) is 40.5 Å². The molecule has 0 amide bonds. The summed E-state index contributed by atoms with van der Waals surface area (Å²) in [6.07, 6.45) is 6.94. The van der Waals surface area contributed by atoms with E-state index in [1.165, 1.54) is 24.3 Å². The second kappa shape index (κ2) is 16.6. The first-order chi connectivity index (χ1) is 30.7. The SMILES string of the molecule is O=[N+]([O-])c1cc(-c2c3nc(c(-c4ccc(Br)c([N+](=O)[O-])c4)c4ccc([nH]4)c(-c4ccc(Br)c([N+](=O)[O-])c4)c4nc(c(-c5ccc(Br)c([N+](=O)[O-])c5)c5ccc2[nH]5)C=C4)C=C3)ccc1Br.